The van der Waals surface area contributed by atoms with Gasteiger partial charge in [-0.2, -0.15) is 0 Å². The molecular formula is C12H22N2S. The highest BCUT2D eigenvalue weighted by atomic mass is 32.1. The Hall–Kier alpha value is -0.410. The van der Waals surface area contributed by atoms with Gasteiger partial charge >= 0.3 is 0 Å². The van der Waals surface area contributed by atoms with Crippen LogP contribution in [0, 0.1) is 5.92 Å². The molecule has 2 unspecified atom stereocenters. The van der Waals surface area contributed by atoms with E-state index in [0.717, 1.165) is 18.9 Å². The lowest BCUT2D eigenvalue weighted by molar-refractivity contribution is 0.366. The van der Waals surface area contributed by atoms with E-state index in [9.17, 15) is 0 Å². The molecule has 1 rings (SSSR count). The molecule has 0 fully saturated rings. The zero-order valence-electron chi connectivity index (χ0n) is 9.99. The number of rotatable bonds is 7. The molecule has 2 atom stereocenters. The fraction of sp³-hybridized carbons (Fsp3) is 0.750. The molecule has 1 aromatic heterocycles. The van der Waals surface area contributed by atoms with Gasteiger partial charge in [-0.15, -0.1) is 11.3 Å². The summed E-state index contributed by atoms with van der Waals surface area (Å²) >= 11 is 1.76. The van der Waals surface area contributed by atoms with Crippen LogP contribution in [0.4, 0.5) is 0 Å². The number of nitrogens with one attached hydrogen (secondary N) is 1. The van der Waals surface area contributed by atoms with Gasteiger partial charge in [0.25, 0.3) is 0 Å². The number of thiazole rings is 1. The van der Waals surface area contributed by atoms with Crippen molar-refractivity contribution in [2.45, 2.75) is 46.1 Å². The van der Waals surface area contributed by atoms with E-state index in [4.69, 9.17) is 0 Å². The third kappa shape index (κ3) is 4.31. The lowest BCUT2D eigenvalue weighted by Gasteiger charge is -2.23. The van der Waals surface area contributed by atoms with Crippen LogP contribution in [-0.4, -0.2) is 17.6 Å². The summed E-state index contributed by atoms with van der Waals surface area (Å²) in [5, 5.41) is 3.64. The van der Waals surface area contributed by atoms with Crippen molar-refractivity contribution < 1.29 is 0 Å². The molecule has 0 saturated carbocycles. The molecule has 2 nitrogen and oxygen atoms in total. The van der Waals surface area contributed by atoms with Crippen LogP contribution in [0.5, 0.6) is 0 Å². The summed E-state index contributed by atoms with van der Waals surface area (Å²) in [6, 6.07) is 0.607. The van der Waals surface area contributed by atoms with E-state index in [1.807, 2.05) is 11.7 Å². The van der Waals surface area contributed by atoms with Crippen LogP contribution in [0.1, 0.15) is 38.5 Å². The molecule has 0 amide bonds. The van der Waals surface area contributed by atoms with E-state index in [-0.39, 0.29) is 0 Å². The molecule has 0 radical (unpaired) electrons. The quantitative estimate of drug-likeness (QED) is 0.773. The van der Waals surface area contributed by atoms with E-state index >= 15 is 0 Å². The van der Waals surface area contributed by atoms with Crippen LogP contribution >= 0.6 is 11.3 Å². The van der Waals surface area contributed by atoms with Crippen molar-refractivity contribution in [1.82, 2.24) is 10.3 Å². The molecule has 86 valence electrons. The fourth-order valence-electron chi connectivity index (χ4n) is 1.65. The van der Waals surface area contributed by atoms with Crippen molar-refractivity contribution in [1.29, 1.82) is 0 Å². The van der Waals surface area contributed by atoms with Crippen molar-refractivity contribution in [2.75, 3.05) is 6.54 Å². The zero-order valence-corrected chi connectivity index (χ0v) is 10.8. The lowest BCUT2D eigenvalue weighted by Crippen LogP contribution is -2.37. The van der Waals surface area contributed by atoms with E-state index in [2.05, 4.69) is 31.1 Å². The smallest absolute Gasteiger partial charge is 0.0794 e. The predicted octanol–water partition coefficient (Wildman–Crippen LogP) is 3.10. The van der Waals surface area contributed by atoms with Gasteiger partial charge in [0.15, 0.2) is 0 Å². The van der Waals surface area contributed by atoms with E-state index in [0.29, 0.717) is 6.04 Å². The number of aromatic nitrogens is 1. The Morgan fingerprint density at radius 1 is 1.47 bits per heavy atom. The van der Waals surface area contributed by atoms with Gasteiger partial charge in [0.1, 0.15) is 0 Å². The highest BCUT2D eigenvalue weighted by molar-refractivity contribution is 7.09. The molecule has 1 N–H and O–H groups in total. The highest BCUT2D eigenvalue weighted by Gasteiger charge is 2.15. The second-order valence-electron chi connectivity index (χ2n) is 4.12. The molecule has 1 heterocycles. The van der Waals surface area contributed by atoms with E-state index < -0.39 is 0 Å². The van der Waals surface area contributed by atoms with Crippen LogP contribution in [0.3, 0.4) is 0 Å². The van der Waals surface area contributed by atoms with Gasteiger partial charge in [0.2, 0.25) is 0 Å². The molecule has 0 spiro atoms. The van der Waals surface area contributed by atoms with Crippen LogP contribution in [0.2, 0.25) is 0 Å². The normalized spacial score (nSPS) is 15.1. The average Bonchev–Trinajstić information content (AvgIpc) is 2.75. The van der Waals surface area contributed by atoms with E-state index in [1.165, 1.54) is 17.7 Å². The maximum Gasteiger partial charge on any atom is 0.0794 e. The van der Waals surface area contributed by atoms with Crippen LogP contribution in [0.25, 0.3) is 0 Å². The van der Waals surface area contributed by atoms with Crippen molar-refractivity contribution in [3.63, 3.8) is 0 Å². The Morgan fingerprint density at radius 3 is 2.80 bits per heavy atom. The third-order valence-corrected chi connectivity index (χ3v) is 3.69. The number of hydrogen-bond acceptors (Lipinski definition) is 3. The van der Waals surface area contributed by atoms with Crippen LogP contribution in [-0.2, 0) is 6.42 Å². The minimum Gasteiger partial charge on any atom is -0.313 e. The minimum atomic E-state index is 0.607. The minimum absolute atomic E-state index is 0.607. The summed E-state index contributed by atoms with van der Waals surface area (Å²) in [7, 11) is 0. The Kier molecular flexibility index (Phi) is 5.88. The van der Waals surface area contributed by atoms with E-state index in [1.54, 1.807) is 11.3 Å². The van der Waals surface area contributed by atoms with Gasteiger partial charge in [0.05, 0.1) is 5.51 Å². The SMILES string of the molecule is CCCNC(Cc1cncs1)C(C)CC. The number of hydrogen-bond donors (Lipinski definition) is 1. The fourth-order valence-corrected chi connectivity index (χ4v) is 2.30. The molecule has 0 saturated heterocycles. The molecule has 0 aliphatic rings. The summed E-state index contributed by atoms with van der Waals surface area (Å²) in [6.07, 6.45) is 5.56. The summed E-state index contributed by atoms with van der Waals surface area (Å²) in [4.78, 5) is 5.52. The van der Waals surface area contributed by atoms with Gasteiger partial charge < -0.3 is 5.32 Å². The Labute approximate surface area is 97.1 Å². The molecule has 0 aliphatic carbocycles. The summed E-state index contributed by atoms with van der Waals surface area (Å²) in [6.45, 7) is 7.92. The van der Waals surface area contributed by atoms with Crippen LogP contribution < -0.4 is 5.32 Å². The zero-order chi connectivity index (χ0) is 11.1. The first-order valence-corrected chi connectivity index (χ1v) is 6.76. The Bertz CT molecular complexity index is 246. The van der Waals surface area contributed by atoms with Crippen molar-refractivity contribution in [3.05, 3.63) is 16.6 Å². The standard InChI is InChI=1S/C12H22N2S/c1-4-6-14-12(10(3)5-2)7-11-8-13-9-15-11/h8-10,12,14H,4-7H2,1-3H3. The molecule has 15 heavy (non-hydrogen) atoms. The molecule has 1 aromatic rings. The summed E-state index contributed by atoms with van der Waals surface area (Å²) in [5.41, 5.74) is 1.92. The Morgan fingerprint density at radius 2 is 2.27 bits per heavy atom. The molecule has 3 heteroatoms. The molecular weight excluding hydrogens is 204 g/mol. The number of nitrogens with zero attached hydrogens (tertiary/aromatic N) is 1. The first-order valence-electron chi connectivity index (χ1n) is 5.88. The molecule has 0 aliphatic heterocycles. The maximum absolute atomic E-state index is 4.13. The molecule has 0 bridgehead atoms. The topological polar surface area (TPSA) is 24.9 Å². The summed E-state index contributed by atoms with van der Waals surface area (Å²) in [5.74, 6) is 0.735. The second kappa shape index (κ2) is 6.96. The van der Waals surface area contributed by atoms with Gasteiger partial charge in [-0.3, -0.25) is 4.98 Å². The van der Waals surface area contributed by atoms with Gasteiger partial charge in [-0.25, -0.2) is 0 Å². The first-order chi connectivity index (χ1) is 7.27. The van der Waals surface area contributed by atoms with Gasteiger partial charge in [-0.05, 0) is 25.3 Å². The van der Waals surface area contributed by atoms with Gasteiger partial charge in [-0.1, -0.05) is 27.2 Å². The third-order valence-electron chi connectivity index (χ3n) is 2.89. The van der Waals surface area contributed by atoms with Crippen molar-refractivity contribution in [3.8, 4) is 0 Å². The molecule has 0 aromatic carbocycles. The lowest BCUT2D eigenvalue weighted by atomic mass is 9.96. The van der Waals surface area contributed by atoms with Crippen molar-refractivity contribution in [2.24, 2.45) is 5.92 Å². The van der Waals surface area contributed by atoms with Gasteiger partial charge in [0, 0.05) is 17.1 Å². The van der Waals surface area contributed by atoms with Crippen LogP contribution in [0.15, 0.2) is 11.7 Å². The van der Waals surface area contributed by atoms with Crippen molar-refractivity contribution >= 4 is 11.3 Å². The summed E-state index contributed by atoms with van der Waals surface area (Å²) < 4.78 is 0. The monoisotopic (exact) mass is 226 g/mol. The first kappa shape index (κ1) is 12.7. The largest absolute Gasteiger partial charge is 0.313 e. The highest BCUT2D eigenvalue weighted by Crippen LogP contribution is 2.16. The second-order valence-corrected chi connectivity index (χ2v) is 5.09. The maximum atomic E-state index is 4.13. The average molecular weight is 226 g/mol. The predicted molar refractivity (Wildman–Crippen MR) is 67.4 cm³/mol. The Balaban J connectivity index is 2.48.